The first-order chi connectivity index (χ1) is 11.2. The maximum Gasteiger partial charge on any atom is 0.335 e. The molecular formula is C18H19N3O2. The van der Waals surface area contributed by atoms with Gasteiger partial charge in [-0.25, -0.2) is 14.8 Å². The van der Waals surface area contributed by atoms with Gasteiger partial charge in [-0.2, -0.15) is 0 Å². The lowest BCUT2D eigenvalue weighted by atomic mass is 9.93. The summed E-state index contributed by atoms with van der Waals surface area (Å²) in [5.41, 5.74) is 3.84. The summed E-state index contributed by atoms with van der Waals surface area (Å²) in [5.74, 6) is 0.458. The van der Waals surface area contributed by atoms with Crippen molar-refractivity contribution in [2.45, 2.75) is 31.6 Å². The van der Waals surface area contributed by atoms with Crippen molar-refractivity contribution in [1.82, 2.24) is 9.97 Å². The first-order valence-electron chi connectivity index (χ1n) is 8.14. The normalized spacial score (nSPS) is 19.8. The fourth-order valence-corrected chi connectivity index (χ4v) is 3.87. The molecule has 2 heterocycles. The van der Waals surface area contributed by atoms with Gasteiger partial charge in [-0.3, -0.25) is 0 Å². The van der Waals surface area contributed by atoms with Gasteiger partial charge in [0.15, 0.2) is 0 Å². The van der Waals surface area contributed by atoms with E-state index in [1.807, 2.05) is 12.1 Å². The summed E-state index contributed by atoms with van der Waals surface area (Å²) in [4.78, 5) is 22.7. The van der Waals surface area contributed by atoms with Crippen molar-refractivity contribution in [2.24, 2.45) is 0 Å². The number of carboxylic acids is 1. The zero-order valence-electron chi connectivity index (χ0n) is 12.9. The van der Waals surface area contributed by atoms with Crippen LogP contribution in [0.4, 0.5) is 5.82 Å². The lowest BCUT2D eigenvalue weighted by Gasteiger charge is -2.20. The van der Waals surface area contributed by atoms with Gasteiger partial charge in [0.2, 0.25) is 0 Å². The van der Waals surface area contributed by atoms with Crippen LogP contribution < -0.4 is 4.90 Å². The molecule has 1 fully saturated rings. The molecule has 1 aromatic carbocycles. The number of anilines is 1. The maximum atomic E-state index is 11.4. The number of carboxylic acid groups (broad SMARTS) is 1. The highest BCUT2D eigenvalue weighted by molar-refractivity contribution is 5.89. The second-order valence-electron chi connectivity index (χ2n) is 6.30. The van der Waals surface area contributed by atoms with Crippen LogP contribution in [0, 0.1) is 0 Å². The summed E-state index contributed by atoms with van der Waals surface area (Å²) in [6, 6.07) is 7.36. The lowest BCUT2D eigenvalue weighted by molar-refractivity contribution is 0.0695. The van der Waals surface area contributed by atoms with Crippen LogP contribution >= 0.6 is 0 Å². The van der Waals surface area contributed by atoms with Crippen LogP contribution in [-0.4, -0.2) is 34.1 Å². The monoisotopic (exact) mass is 309 g/mol. The Morgan fingerprint density at radius 3 is 2.96 bits per heavy atom. The average molecular weight is 309 g/mol. The number of hydrogen-bond acceptors (Lipinski definition) is 4. The number of aryl methyl sites for hydroxylation is 1. The van der Waals surface area contributed by atoms with Crippen molar-refractivity contribution in [2.75, 3.05) is 18.0 Å². The molecule has 118 valence electrons. The third kappa shape index (κ3) is 2.46. The molecule has 0 bridgehead atoms. The number of aromatic nitrogens is 2. The summed E-state index contributed by atoms with van der Waals surface area (Å²) in [6.07, 6.45) is 5.88. The predicted octanol–water partition coefficient (Wildman–Crippen LogP) is 2.66. The van der Waals surface area contributed by atoms with E-state index in [-0.39, 0.29) is 5.92 Å². The summed E-state index contributed by atoms with van der Waals surface area (Å²) >= 11 is 0. The van der Waals surface area contributed by atoms with E-state index in [0.29, 0.717) is 5.56 Å². The molecule has 1 saturated heterocycles. The van der Waals surface area contributed by atoms with E-state index < -0.39 is 5.97 Å². The minimum absolute atomic E-state index is 0.245. The molecule has 0 amide bonds. The summed E-state index contributed by atoms with van der Waals surface area (Å²) in [6.45, 7) is 1.75. The van der Waals surface area contributed by atoms with Crippen molar-refractivity contribution in [3.05, 3.63) is 53.0 Å². The van der Waals surface area contributed by atoms with Gasteiger partial charge in [-0.1, -0.05) is 18.2 Å². The molecule has 5 nitrogen and oxygen atoms in total. The Morgan fingerprint density at radius 1 is 1.22 bits per heavy atom. The van der Waals surface area contributed by atoms with E-state index in [4.69, 9.17) is 0 Å². The van der Waals surface area contributed by atoms with E-state index in [0.717, 1.165) is 50.2 Å². The predicted molar refractivity (Wildman–Crippen MR) is 87.0 cm³/mol. The van der Waals surface area contributed by atoms with E-state index in [1.165, 1.54) is 11.3 Å². The van der Waals surface area contributed by atoms with Crippen LogP contribution in [-0.2, 0) is 12.8 Å². The number of benzene rings is 1. The number of hydrogen-bond donors (Lipinski definition) is 1. The molecule has 1 atom stereocenters. The second kappa shape index (κ2) is 5.65. The van der Waals surface area contributed by atoms with Crippen LogP contribution in [0.2, 0.25) is 0 Å². The second-order valence-corrected chi connectivity index (χ2v) is 6.30. The first-order valence-corrected chi connectivity index (χ1v) is 8.14. The summed E-state index contributed by atoms with van der Waals surface area (Å²) in [5, 5.41) is 9.40. The molecule has 1 aliphatic carbocycles. The summed E-state index contributed by atoms with van der Waals surface area (Å²) < 4.78 is 0. The molecule has 0 radical (unpaired) electrons. The van der Waals surface area contributed by atoms with Gasteiger partial charge >= 0.3 is 5.97 Å². The molecule has 2 aliphatic rings. The van der Waals surface area contributed by atoms with Gasteiger partial charge in [0, 0.05) is 30.3 Å². The number of fused-ring (bicyclic) bond motifs is 1. The molecule has 4 rings (SSSR count). The highest BCUT2D eigenvalue weighted by Gasteiger charge is 2.30. The van der Waals surface area contributed by atoms with Crippen LogP contribution in [0.1, 0.15) is 45.9 Å². The van der Waals surface area contributed by atoms with Crippen molar-refractivity contribution in [3.8, 4) is 0 Å². The van der Waals surface area contributed by atoms with Gasteiger partial charge in [0.05, 0.1) is 5.56 Å². The van der Waals surface area contributed by atoms with Crippen LogP contribution in [0.25, 0.3) is 0 Å². The average Bonchev–Trinajstić information content (AvgIpc) is 3.23. The Bertz CT molecular complexity index is 760. The lowest BCUT2D eigenvalue weighted by Crippen LogP contribution is -2.22. The fourth-order valence-electron chi connectivity index (χ4n) is 3.87. The van der Waals surface area contributed by atoms with Crippen molar-refractivity contribution >= 4 is 11.8 Å². The SMILES string of the molecule is O=C(O)c1ccccc1C1CCN(c2ncnc3c2CCC3)C1. The maximum absolute atomic E-state index is 11.4. The topological polar surface area (TPSA) is 66.3 Å². The largest absolute Gasteiger partial charge is 0.478 e. The molecule has 5 heteroatoms. The van der Waals surface area contributed by atoms with Gasteiger partial charge in [-0.05, 0) is 37.3 Å². The molecule has 1 aliphatic heterocycles. The number of nitrogens with zero attached hydrogens (tertiary/aromatic N) is 3. The standard InChI is InChI=1S/C18H19N3O2/c22-18(23)14-5-2-1-4-13(14)12-8-9-21(10-12)17-15-6-3-7-16(15)19-11-20-17/h1-2,4-5,11-12H,3,6-10H2,(H,22,23). The van der Waals surface area contributed by atoms with Crippen molar-refractivity contribution in [1.29, 1.82) is 0 Å². The summed E-state index contributed by atoms with van der Waals surface area (Å²) in [7, 11) is 0. The molecule has 1 N–H and O–H groups in total. The first kappa shape index (κ1) is 14.2. The number of carbonyl (C=O) groups is 1. The van der Waals surface area contributed by atoms with Crippen LogP contribution in [0.5, 0.6) is 0 Å². The Labute approximate surface area is 135 Å². The third-order valence-electron chi connectivity index (χ3n) is 4.97. The van der Waals surface area contributed by atoms with E-state index >= 15 is 0 Å². The third-order valence-corrected chi connectivity index (χ3v) is 4.97. The van der Waals surface area contributed by atoms with Crippen molar-refractivity contribution in [3.63, 3.8) is 0 Å². The Kier molecular flexibility index (Phi) is 3.48. The van der Waals surface area contributed by atoms with Gasteiger partial charge in [-0.15, -0.1) is 0 Å². The molecular weight excluding hydrogens is 290 g/mol. The van der Waals surface area contributed by atoms with Crippen molar-refractivity contribution < 1.29 is 9.90 Å². The van der Waals surface area contributed by atoms with Gasteiger partial charge in [0.1, 0.15) is 12.1 Å². The van der Waals surface area contributed by atoms with Crippen LogP contribution in [0.3, 0.4) is 0 Å². The Balaban J connectivity index is 1.61. The molecule has 23 heavy (non-hydrogen) atoms. The zero-order valence-corrected chi connectivity index (χ0v) is 12.9. The minimum Gasteiger partial charge on any atom is -0.478 e. The Morgan fingerprint density at radius 2 is 2.09 bits per heavy atom. The van der Waals surface area contributed by atoms with Gasteiger partial charge < -0.3 is 10.0 Å². The minimum atomic E-state index is -0.845. The zero-order chi connectivity index (χ0) is 15.8. The number of aromatic carboxylic acids is 1. The number of rotatable bonds is 3. The quantitative estimate of drug-likeness (QED) is 0.944. The van der Waals surface area contributed by atoms with E-state index in [9.17, 15) is 9.90 Å². The van der Waals surface area contributed by atoms with Gasteiger partial charge in [0.25, 0.3) is 0 Å². The van der Waals surface area contributed by atoms with E-state index in [2.05, 4.69) is 14.9 Å². The molecule has 0 spiro atoms. The molecule has 2 aromatic rings. The molecule has 1 unspecified atom stereocenters. The fraction of sp³-hybridized carbons (Fsp3) is 0.389. The van der Waals surface area contributed by atoms with Crippen LogP contribution in [0.15, 0.2) is 30.6 Å². The smallest absolute Gasteiger partial charge is 0.335 e. The van der Waals surface area contributed by atoms with E-state index in [1.54, 1.807) is 18.5 Å². The molecule has 0 saturated carbocycles. The molecule has 1 aromatic heterocycles. The Hall–Kier alpha value is -2.43. The highest BCUT2D eigenvalue weighted by atomic mass is 16.4. The highest BCUT2D eigenvalue weighted by Crippen LogP contribution is 2.35.